The van der Waals surface area contributed by atoms with Crippen LogP contribution in [-0.4, -0.2) is 80.4 Å². The molecule has 1 amide bonds. The third-order valence-corrected chi connectivity index (χ3v) is 4.43. The van der Waals surface area contributed by atoms with Crippen LogP contribution in [0.15, 0.2) is 0 Å². The van der Waals surface area contributed by atoms with Crippen molar-refractivity contribution in [2.24, 2.45) is 0 Å². The van der Waals surface area contributed by atoms with Gasteiger partial charge in [-0.3, -0.25) is 9.48 Å². The number of fused-ring (bicyclic) bond motifs is 1. The predicted molar refractivity (Wildman–Crippen MR) is 87.0 cm³/mol. The number of rotatable bonds is 6. The van der Waals surface area contributed by atoms with Gasteiger partial charge >= 0.3 is 0 Å². The molecule has 1 aromatic heterocycles. The van der Waals surface area contributed by atoms with E-state index in [0.717, 1.165) is 24.2 Å². The molecule has 0 bridgehead atoms. The van der Waals surface area contributed by atoms with E-state index in [-0.39, 0.29) is 12.0 Å². The predicted octanol–water partition coefficient (Wildman–Crippen LogP) is -0.337. The van der Waals surface area contributed by atoms with E-state index >= 15 is 0 Å². The van der Waals surface area contributed by atoms with Crippen molar-refractivity contribution in [3.63, 3.8) is 0 Å². The normalized spacial score (nSPS) is 20.7. The lowest BCUT2D eigenvalue weighted by Crippen LogP contribution is -2.41. The molecule has 24 heavy (non-hydrogen) atoms. The SMILES string of the molecule is COCCn1nc(C(=O)N(C)CC2COCCO2)c2c1CCNC2. The minimum absolute atomic E-state index is 0.0692. The summed E-state index contributed by atoms with van der Waals surface area (Å²) in [5.74, 6) is -0.0692. The highest BCUT2D eigenvalue weighted by Gasteiger charge is 2.28. The maximum Gasteiger partial charge on any atom is 0.274 e. The first-order chi connectivity index (χ1) is 11.7. The molecule has 1 N–H and O–H groups in total. The van der Waals surface area contributed by atoms with E-state index in [1.54, 1.807) is 19.1 Å². The van der Waals surface area contributed by atoms with Crippen LogP contribution in [0.4, 0.5) is 0 Å². The first-order valence-electron chi connectivity index (χ1n) is 8.43. The van der Waals surface area contributed by atoms with Gasteiger partial charge in [-0.25, -0.2) is 0 Å². The van der Waals surface area contributed by atoms with Crippen molar-refractivity contribution < 1.29 is 19.0 Å². The summed E-state index contributed by atoms with van der Waals surface area (Å²) in [7, 11) is 3.46. The van der Waals surface area contributed by atoms with Crippen molar-refractivity contribution in [2.45, 2.75) is 25.6 Å². The highest BCUT2D eigenvalue weighted by molar-refractivity contribution is 5.94. The van der Waals surface area contributed by atoms with Crippen molar-refractivity contribution >= 4 is 5.91 Å². The van der Waals surface area contributed by atoms with E-state index in [9.17, 15) is 4.79 Å². The summed E-state index contributed by atoms with van der Waals surface area (Å²) in [5.41, 5.74) is 2.68. The number of methoxy groups -OCH3 is 1. The van der Waals surface area contributed by atoms with Crippen molar-refractivity contribution in [3.05, 3.63) is 17.0 Å². The molecule has 134 valence electrons. The number of carbonyl (C=O) groups is 1. The van der Waals surface area contributed by atoms with Gasteiger partial charge in [0, 0.05) is 51.5 Å². The fourth-order valence-electron chi connectivity index (χ4n) is 3.17. The Kier molecular flexibility index (Phi) is 5.83. The molecule has 0 aliphatic carbocycles. The van der Waals surface area contributed by atoms with Gasteiger partial charge in [0.1, 0.15) is 0 Å². The molecule has 1 aromatic rings. The Morgan fingerprint density at radius 2 is 2.38 bits per heavy atom. The molecule has 1 unspecified atom stereocenters. The Balaban J connectivity index is 1.74. The molecule has 3 rings (SSSR count). The number of aromatic nitrogens is 2. The van der Waals surface area contributed by atoms with Gasteiger partial charge in [0.25, 0.3) is 5.91 Å². The van der Waals surface area contributed by atoms with Crippen LogP contribution < -0.4 is 5.32 Å². The van der Waals surface area contributed by atoms with Crippen molar-refractivity contribution in [2.75, 3.05) is 53.7 Å². The lowest BCUT2D eigenvalue weighted by atomic mass is 10.1. The van der Waals surface area contributed by atoms with Gasteiger partial charge in [0.15, 0.2) is 5.69 Å². The molecule has 2 aliphatic heterocycles. The molecule has 3 heterocycles. The minimum Gasteiger partial charge on any atom is -0.383 e. The number of nitrogens with one attached hydrogen (secondary N) is 1. The van der Waals surface area contributed by atoms with Crippen LogP contribution in [0.5, 0.6) is 0 Å². The van der Waals surface area contributed by atoms with Crippen molar-refractivity contribution in [1.82, 2.24) is 20.0 Å². The second-order valence-electron chi connectivity index (χ2n) is 6.17. The van der Waals surface area contributed by atoms with Crippen LogP contribution in [0, 0.1) is 0 Å². The van der Waals surface area contributed by atoms with Crippen LogP contribution in [0.1, 0.15) is 21.7 Å². The first-order valence-corrected chi connectivity index (χ1v) is 8.43. The summed E-state index contributed by atoms with van der Waals surface area (Å²) in [6.07, 6.45) is 0.806. The summed E-state index contributed by atoms with van der Waals surface area (Å²) in [4.78, 5) is 14.5. The molecular weight excluding hydrogens is 312 g/mol. The van der Waals surface area contributed by atoms with Gasteiger partial charge < -0.3 is 24.4 Å². The van der Waals surface area contributed by atoms with E-state index in [4.69, 9.17) is 14.2 Å². The maximum atomic E-state index is 12.9. The summed E-state index contributed by atoms with van der Waals surface area (Å²) in [5, 5.41) is 7.90. The Labute approximate surface area is 142 Å². The lowest BCUT2D eigenvalue weighted by Gasteiger charge is -2.27. The molecular formula is C16H26N4O4. The number of ether oxygens (including phenoxy) is 3. The minimum atomic E-state index is -0.0720. The molecule has 1 atom stereocenters. The largest absolute Gasteiger partial charge is 0.383 e. The third-order valence-electron chi connectivity index (χ3n) is 4.43. The van der Waals surface area contributed by atoms with Crippen LogP contribution in [0.2, 0.25) is 0 Å². The molecule has 1 fully saturated rings. The molecule has 0 aromatic carbocycles. The third kappa shape index (κ3) is 3.77. The Bertz CT molecular complexity index is 569. The number of amides is 1. The van der Waals surface area contributed by atoms with Gasteiger partial charge in [0.2, 0.25) is 0 Å². The van der Waals surface area contributed by atoms with E-state index in [1.807, 2.05) is 4.68 Å². The topological polar surface area (TPSA) is 77.9 Å². The molecule has 1 saturated heterocycles. The second-order valence-corrected chi connectivity index (χ2v) is 6.17. The summed E-state index contributed by atoms with van der Waals surface area (Å²) < 4.78 is 18.1. The van der Waals surface area contributed by atoms with Crippen LogP contribution in [0.3, 0.4) is 0 Å². The average Bonchev–Trinajstić information content (AvgIpc) is 2.99. The second kappa shape index (κ2) is 8.06. The maximum absolute atomic E-state index is 12.9. The number of hydrogen-bond donors (Lipinski definition) is 1. The molecule has 8 heteroatoms. The summed E-state index contributed by atoms with van der Waals surface area (Å²) in [6, 6.07) is 0. The quantitative estimate of drug-likeness (QED) is 0.765. The van der Waals surface area contributed by atoms with Gasteiger partial charge in [-0.2, -0.15) is 5.10 Å². The number of hydrogen-bond acceptors (Lipinski definition) is 6. The van der Waals surface area contributed by atoms with E-state index in [2.05, 4.69) is 10.4 Å². The van der Waals surface area contributed by atoms with Gasteiger partial charge in [0.05, 0.1) is 39.1 Å². The van der Waals surface area contributed by atoms with Crippen LogP contribution in [-0.2, 0) is 33.7 Å². The fraction of sp³-hybridized carbons (Fsp3) is 0.750. The van der Waals surface area contributed by atoms with E-state index < -0.39 is 0 Å². The smallest absolute Gasteiger partial charge is 0.274 e. The standard InChI is InChI=1S/C16H26N4O4/c1-19(10-12-11-23-7-8-24-12)16(21)15-13-9-17-4-3-14(13)20(18-15)5-6-22-2/h12,17H,3-11H2,1-2H3. The highest BCUT2D eigenvalue weighted by Crippen LogP contribution is 2.20. The van der Waals surface area contributed by atoms with E-state index in [0.29, 0.717) is 51.8 Å². The van der Waals surface area contributed by atoms with Gasteiger partial charge in [-0.05, 0) is 0 Å². The number of carbonyl (C=O) groups excluding carboxylic acids is 1. The molecule has 0 radical (unpaired) electrons. The monoisotopic (exact) mass is 338 g/mol. The Morgan fingerprint density at radius 3 is 3.12 bits per heavy atom. The molecule has 0 saturated carbocycles. The van der Waals surface area contributed by atoms with Crippen molar-refractivity contribution in [3.8, 4) is 0 Å². The Hall–Kier alpha value is -1.48. The zero-order valence-corrected chi connectivity index (χ0v) is 14.4. The molecule has 0 spiro atoms. The number of nitrogens with zero attached hydrogens (tertiary/aromatic N) is 3. The Morgan fingerprint density at radius 1 is 1.50 bits per heavy atom. The zero-order valence-electron chi connectivity index (χ0n) is 14.4. The molecule has 8 nitrogen and oxygen atoms in total. The average molecular weight is 338 g/mol. The van der Waals surface area contributed by atoms with Gasteiger partial charge in [-0.1, -0.05) is 0 Å². The molecule has 2 aliphatic rings. The fourth-order valence-corrected chi connectivity index (χ4v) is 3.17. The number of likely N-dealkylation sites (N-methyl/N-ethyl adjacent to an activating group) is 1. The zero-order chi connectivity index (χ0) is 16.9. The van der Waals surface area contributed by atoms with Crippen LogP contribution in [0.25, 0.3) is 0 Å². The van der Waals surface area contributed by atoms with E-state index in [1.165, 1.54) is 0 Å². The summed E-state index contributed by atoms with van der Waals surface area (Å²) in [6.45, 7) is 5.07. The lowest BCUT2D eigenvalue weighted by molar-refractivity contribution is -0.0933. The van der Waals surface area contributed by atoms with Gasteiger partial charge in [-0.15, -0.1) is 0 Å². The highest BCUT2D eigenvalue weighted by atomic mass is 16.6. The summed E-state index contributed by atoms with van der Waals surface area (Å²) >= 11 is 0. The van der Waals surface area contributed by atoms with Crippen LogP contribution >= 0.6 is 0 Å². The van der Waals surface area contributed by atoms with Crippen molar-refractivity contribution in [1.29, 1.82) is 0 Å². The first kappa shape index (κ1) is 17.3.